The molecule has 2 heterocycles. The van der Waals surface area contributed by atoms with Crippen LogP contribution < -0.4 is 0 Å². The molecule has 0 atom stereocenters. The molecule has 94 valence electrons. The van der Waals surface area contributed by atoms with Crippen LogP contribution in [0.2, 0.25) is 0 Å². The summed E-state index contributed by atoms with van der Waals surface area (Å²) in [6.07, 6.45) is 2.91. The van der Waals surface area contributed by atoms with E-state index in [1.165, 1.54) is 18.0 Å². The molecule has 0 aliphatic rings. The first-order valence-corrected chi connectivity index (χ1v) is 6.59. The van der Waals surface area contributed by atoms with Crippen molar-refractivity contribution >= 4 is 11.8 Å². The summed E-state index contributed by atoms with van der Waals surface area (Å²) in [6.45, 7) is 5.71. The first-order chi connectivity index (χ1) is 8.56. The lowest BCUT2D eigenvalue weighted by Gasteiger charge is -2.06. The molecule has 0 aromatic carbocycles. The maximum Gasteiger partial charge on any atom is 0.188 e. The van der Waals surface area contributed by atoms with E-state index in [-0.39, 0.29) is 5.82 Å². The van der Waals surface area contributed by atoms with Gasteiger partial charge in [-0.2, -0.15) is 0 Å². The van der Waals surface area contributed by atoms with E-state index >= 15 is 0 Å². The molecular formula is C13H14FN3S. The molecule has 0 aliphatic carbocycles. The van der Waals surface area contributed by atoms with E-state index in [1.54, 1.807) is 6.20 Å². The summed E-state index contributed by atoms with van der Waals surface area (Å²) >= 11 is 1.44. The lowest BCUT2D eigenvalue weighted by Crippen LogP contribution is -1.97. The molecule has 0 bridgehead atoms. The van der Waals surface area contributed by atoms with Crippen molar-refractivity contribution in [3.63, 3.8) is 0 Å². The van der Waals surface area contributed by atoms with Gasteiger partial charge in [-0.05, 0) is 32.4 Å². The maximum atomic E-state index is 13.6. The van der Waals surface area contributed by atoms with Crippen molar-refractivity contribution in [2.75, 3.05) is 0 Å². The summed E-state index contributed by atoms with van der Waals surface area (Å²) in [4.78, 5) is 12.5. The third-order valence-electron chi connectivity index (χ3n) is 2.53. The highest BCUT2D eigenvalue weighted by Gasteiger charge is 2.08. The van der Waals surface area contributed by atoms with Crippen molar-refractivity contribution in [2.24, 2.45) is 0 Å². The van der Waals surface area contributed by atoms with Crippen molar-refractivity contribution in [1.82, 2.24) is 15.0 Å². The Morgan fingerprint density at radius 1 is 1.11 bits per heavy atom. The van der Waals surface area contributed by atoms with Crippen LogP contribution in [0.5, 0.6) is 0 Å². The van der Waals surface area contributed by atoms with Gasteiger partial charge in [0.05, 0.1) is 6.20 Å². The molecule has 2 aromatic rings. The summed E-state index contributed by atoms with van der Waals surface area (Å²) in [5.74, 6) is 0.246. The molecule has 0 fully saturated rings. The van der Waals surface area contributed by atoms with Crippen LogP contribution in [0.1, 0.15) is 22.5 Å². The molecule has 0 amide bonds. The fraction of sp³-hybridized carbons (Fsp3) is 0.308. The second-order valence-electron chi connectivity index (χ2n) is 4.14. The van der Waals surface area contributed by atoms with Gasteiger partial charge in [0.1, 0.15) is 5.82 Å². The largest absolute Gasteiger partial charge is 0.261 e. The summed E-state index contributed by atoms with van der Waals surface area (Å²) < 4.78 is 13.6. The number of pyridine rings is 1. The van der Waals surface area contributed by atoms with Gasteiger partial charge in [-0.15, -0.1) is 0 Å². The third kappa shape index (κ3) is 3.04. The molecule has 5 heteroatoms. The Labute approximate surface area is 110 Å². The third-order valence-corrected chi connectivity index (χ3v) is 3.40. The fourth-order valence-electron chi connectivity index (χ4n) is 1.64. The molecule has 18 heavy (non-hydrogen) atoms. The summed E-state index contributed by atoms with van der Waals surface area (Å²) in [7, 11) is 0. The van der Waals surface area contributed by atoms with Crippen LogP contribution in [-0.2, 0) is 5.75 Å². The number of thioether (sulfide) groups is 1. The minimum Gasteiger partial charge on any atom is -0.261 e. The van der Waals surface area contributed by atoms with E-state index < -0.39 is 0 Å². The standard InChI is InChI=1S/C13H14FN3S/c1-8-5-15-6-12(14)11(8)7-18-13-16-9(2)4-10(3)17-13/h4-6H,7H2,1-3H3. The van der Waals surface area contributed by atoms with Crippen LogP contribution in [0.15, 0.2) is 23.6 Å². The molecule has 2 rings (SSSR count). The number of aryl methyl sites for hydroxylation is 3. The molecule has 0 saturated heterocycles. The van der Waals surface area contributed by atoms with Gasteiger partial charge in [0.25, 0.3) is 0 Å². The highest BCUT2D eigenvalue weighted by atomic mass is 32.2. The molecule has 0 unspecified atom stereocenters. The van der Waals surface area contributed by atoms with E-state index in [9.17, 15) is 4.39 Å². The number of nitrogens with zero attached hydrogens (tertiary/aromatic N) is 3. The van der Waals surface area contributed by atoms with E-state index in [0.29, 0.717) is 16.5 Å². The number of rotatable bonds is 3. The second kappa shape index (κ2) is 5.44. The summed E-state index contributed by atoms with van der Waals surface area (Å²) in [5, 5.41) is 0.683. The Morgan fingerprint density at radius 3 is 2.39 bits per heavy atom. The molecule has 2 aromatic heterocycles. The minimum absolute atomic E-state index is 0.271. The van der Waals surface area contributed by atoms with E-state index in [4.69, 9.17) is 0 Å². The van der Waals surface area contributed by atoms with E-state index in [0.717, 1.165) is 17.0 Å². The lowest BCUT2D eigenvalue weighted by molar-refractivity contribution is 0.608. The Kier molecular flexibility index (Phi) is 3.91. The zero-order chi connectivity index (χ0) is 13.1. The van der Waals surface area contributed by atoms with Crippen molar-refractivity contribution in [3.8, 4) is 0 Å². The van der Waals surface area contributed by atoms with Crippen molar-refractivity contribution in [3.05, 3.63) is 46.8 Å². The topological polar surface area (TPSA) is 38.7 Å². The van der Waals surface area contributed by atoms with Crippen LogP contribution in [0, 0.1) is 26.6 Å². The molecule has 0 spiro atoms. The summed E-state index contributed by atoms with van der Waals surface area (Å²) in [5.41, 5.74) is 3.37. The SMILES string of the molecule is Cc1cc(C)nc(SCc2c(C)cncc2F)n1. The van der Waals surface area contributed by atoms with Gasteiger partial charge >= 0.3 is 0 Å². The van der Waals surface area contributed by atoms with Gasteiger partial charge in [-0.25, -0.2) is 14.4 Å². The Hall–Kier alpha value is -1.49. The van der Waals surface area contributed by atoms with Crippen LogP contribution in [0.4, 0.5) is 4.39 Å². The van der Waals surface area contributed by atoms with Crippen molar-refractivity contribution < 1.29 is 4.39 Å². The Morgan fingerprint density at radius 2 is 1.78 bits per heavy atom. The normalized spacial score (nSPS) is 10.7. The van der Waals surface area contributed by atoms with E-state index in [1.807, 2.05) is 26.8 Å². The molecule has 0 saturated carbocycles. The Bertz CT molecular complexity index is 532. The predicted octanol–water partition coefficient (Wildman–Crippen LogP) is 3.23. The molecule has 3 nitrogen and oxygen atoms in total. The highest BCUT2D eigenvalue weighted by molar-refractivity contribution is 7.98. The van der Waals surface area contributed by atoms with Gasteiger partial charge in [-0.3, -0.25) is 4.98 Å². The van der Waals surface area contributed by atoms with Gasteiger partial charge in [0.2, 0.25) is 0 Å². The predicted molar refractivity (Wildman–Crippen MR) is 70.0 cm³/mol. The van der Waals surface area contributed by atoms with Crippen LogP contribution in [-0.4, -0.2) is 15.0 Å². The number of halogens is 1. The van der Waals surface area contributed by atoms with Gasteiger partial charge < -0.3 is 0 Å². The number of hydrogen-bond acceptors (Lipinski definition) is 4. The molecule has 0 N–H and O–H groups in total. The van der Waals surface area contributed by atoms with E-state index in [2.05, 4.69) is 15.0 Å². The quantitative estimate of drug-likeness (QED) is 0.629. The second-order valence-corrected chi connectivity index (χ2v) is 5.08. The van der Waals surface area contributed by atoms with Crippen LogP contribution in [0.25, 0.3) is 0 Å². The van der Waals surface area contributed by atoms with Crippen molar-refractivity contribution in [1.29, 1.82) is 0 Å². The van der Waals surface area contributed by atoms with Gasteiger partial charge in [-0.1, -0.05) is 11.8 Å². The lowest BCUT2D eigenvalue weighted by atomic mass is 10.2. The van der Waals surface area contributed by atoms with Crippen molar-refractivity contribution in [2.45, 2.75) is 31.7 Å². The zero-order valence-corrected chi connectivity index (χ0v) is 11.4. The van der Waals surface area contributed by atoms with Crippen LogP contribution >= 0.6 is 11.8 Å². The first-order valence-electron chi connectivity index (χ1n) is 5.60. The molecule has 0 aliphatic heterocycles. The Balaban J connectivity index is 2.16. The summed E-state index contributed by atoms with van der Waals surface area (Å²) in [6, 6.07) is 1.92. The smallest absolute Gasteiger partial charge is 0.188 e. The van der Waals surface area contributed by atoms with Gasteiger partial charge in [0.15, 0.2) is 5.16 Å². The average Bonchev–Trinajstić information content (AvgIpc) is 2.27. The van der Waals surface area contributed by atoms with Gasteiger partial charge in [0, 0.05) is 28.9 Å². The molecule has 0 radical (unpaired) electrons. The zero-order valence-electron chi connectivity index (χ0n) is 10.6. The monoisotopic (exact) mass is 263 g/mol. The number of aromatic nitrogens is 3. The average molecular weight is 263 g/mol. The maximum absolute atomic E-state index is 13.6. The highest BCUT2D eigenvalue weighted by Crippen LogP contribution is 2.23. The first kappa shape index (κ1) is 13.0. The number of hydrogen-bond donors (Lipinski definition) is 0. The fourth-order valence-corrected chi connectivity index (χ4v) is 2.69. The molecular weight excluding hydrogens is 249 g/mol. The minimum atomic E-state index is -0.271. The van der Waals surface area contributed by atoms with Crippen LogP contribution in [0.3, 0.4) is 0 Å².